The molecule has 116 valence electrons. The van der Waals surface area contributed by atoms with Gasteiger partial charge in [0.2, 0.25) is 0 Å². The normalized spacial score (nSPS) is 21.7. The number of carbonyl (C=O) groups is 1. The van der Waals surface area contributed by atoms with Gasteiger partial charge in [-0.3, -0.25) is 4.90 Å². The second-order valence-corrected chi connectivity index (χ2v) is 6.66. The Balaban J connectivity index is 2.00. The second-order valence-electron chi connectivity index (χ2n) is 5.67. The van der Waals surface area contributed by atoms with Crippen molar-refractivity contribution in [2.24, 2.45) is 0 Å². The van der Waals surface area contributed by atoms with E-state index in [4.69, 9.17) is 5.11 Å². The molecule has 1 aliphatic heterocycles. The molecule has 0 amide bonds. The van der Waals surface area contributed by atoms with Gasteiger partial charge in [-0.25, -0.2) is 4.79 Å². The number of nitrogens with zero attached hydrogens (tertiary/aromatic N) is 2. The van der Waals surface area contributed by atoms with Gasteiger partial charge in [0, 0.05) is 36.6 Å². The van der Waals surface area contributed by atoms with Crippen molar-refractivity contribution < 1.29 is 9.90 Å². The molecule has 1 aliphatic rings. The number of hydrogen-bond acceptors (Lipinski definition) is 4. The molecular weight excluding hydrogens is 284 g/mol. The summed E-state index contributed by atoms with van der Waals surface area (Å²) >= 11 is 1.72. The molecule has 0 spiro atoms. The first-order chi connectivity index (χ1) is 10.1. The zero-order chi connectivity index (χ0) is 15.2. The van der Waals surface area contributed by atoms with E-state index in [9.17, 15) is 4.79 Å². The highest BCUT2D eigenvalue weighted by molar-refractivity contribution is 7.10. The lowest BCUT2D eigenvalue weighted by molar-refractivity contribution is -0.131. The van der Waals surface area contributed by atoms with Gasteiger partial charge >= 0.3 is 5.97 Å². The average Bonchev–Trinajstić information content (AvgIpc) is 2.81. The quantitative estimate of drug-likeness (QED) is 0.850. The van der Waals surface area contributed by atoms with Crippen molar-refractivity contribution in [2.75, 3.05) is 26.7 Å². The van der Waals surface area contributed by atoms with Gasteiger partial charge in [-0.15, -0.1) is 11.3 Å². The van der Waals surface area contributed by atoms with Gasteiger partial charge in [-0.2, -0.15) is 0 Å². The van der Waals surface area contributed by atoms with Gasteiger partial charge < -0.3 is 10.0 Å². The monoisotopic (exact) mass is 308 g/mol. The Morgan fingerprint density at radius 2 is 2.33 bits per heavy atom. The van der Waals surface area contributed by atoms with Crippen molar-refractivity contribution in [1.82, 2.24) is 9.80 Å². The third-order valence-corrected chi connectivity index (χ3v) is 4.89. The lowest BCUT2D eigenvalue weighted by Crippen LogP contribution is -2.39. The third kappa shape index (κ3) is 4.95. The summed E-state index contributed by atoms with van der Waals surface area (Å²) in [7, 11) is 2.20. The molecule has 2 heterocycles. The summed E-state index contributed by atoms with van der Waals surface area (Å²) in [4.78, 5) is 16.8. The SMILES string of the molecule is CCC1CN(C)CCCN1Cc1cc(/C=C/C(=O)O)cs1. The number of carboxylic acids is 1. The maximum Gasteiger partial charge on any atom is 0.328 e. The maximum atomic E-state index is 10.6. The fraction of sp³-hybridized carbons (Fsp3) is 0.562. The minimum Gasteiger partial charge on any atom is -0.478 e. The largest absolute Gasteiger partial charge is 0.478 e. The van der Waals surface area contributed by atoms with Crippen LogP contribution in [0.15, 0.2) is 17.5 Å². The molecule has 1 N–H and O–H groups in total. The Morgan fingerprint density at radius 1 is 1.52 bits per heavy atom. The van der Waals surface area contributed by atoms with Crippen molar-refractivity contribution >= 4 is 23.4 Å². The molecule has 1 atom stereocenters. The molecule has 1 aromatic heterocycles. The first-order valence-corrected chi connectivity index (χ1v) is 8.37. The molecule has 0 aromatic carbocycles. The fourth-order valence-electron chi connectivity index (χ4n) is 2.82. The molecule has 5 heteroatoms. The number of likely N-dealkylation sites (N-methyl/N-ethyl adjacent to an activating group) is 1. The second kappa shape index (κ2) is 7.73. The van der Waals surface area contributed by atoms with Crippen molar-refractivity contribution in [1.29, 1.82) is 0 Å². The number of aliphatic carboxylic acids is 1. The van der Waals surface area contributed by atoms with E-state index >= 15 is 0 Å². The summed E-state index contributed by atoms with van der Waals surface area (Å²) in [5.41, 5.74) is 0.984. The van der Waals surface area contributed by atoms with Crippen LogP contribution in [0.1, 0.15) is 30.2 Å². The van der Waals surface area contributed by atoms with Gasteiger partial charge in [-0.05, 0) is 49.5 Å². The molecule has 0 radical (unpaired) electrons. The number of rotatable bonds is 5. The van der Waals surface area contributed by atoms with E-state index in [0.29, 0.717) is 6.04 Å². The van der Waals surface area contributed by atoms with Crippen LogP contribution in [-0.4, -0.2) is 53.6 Å². The molecule has 1 unspecified atom stereocenters. The Morgan fingerprint density at radius 3 is 3.05 bits per heavy atom. The zero-order valence-electron chi connectivity index (χ0n) is 12.8. The maximum absolute atomic E-state index is 10.6. The Kier molecular flexibility index (Phi) is 5.96. The topological polar surface area (TPSA) is 43.8 Å². The van der Waals surface area contributed by atoms with E-state index in [1.165, 1.54) is 30.3 Å². The lowest BCUT2D eigenvalue weighted by atomic mass is 10.1. The standard InChI is InChI=1S/C16H24N2O2S/c1-3-14-10-17(2)7-4-8-18(14)11-15-9-13(12-21-15)5-6-16(19)20/h5-6,9,12,14H,3-4,7-8,10-11H2,1-2H3,(H,19,20)/b6-5+. The first kappa shape index (κ1) is 16.2. The number of thiophene rings is 1. The van der Waals surface area contributed by atoms with Crippen molar-refractivity contribution in [3.8, 4) is 0 Å². The highest BCUT2D eigenvalue weighted by Gasteiger charge is 2.22. The van der Waals surface area contributed by atoms with E-state index in [1.54, 1.807) is 17.4 Å². The fourth-order valence-corrected chi connectivity index (χ4v) is 3.70. The van der Waals surface area contributed by atoms with E-state index < -0.39 is 5.97 Å². The predicted molar refractivity (Wildman–Crippen MR) is 87.6 cm³/mol. The zero-order valence-corrected chi connectivity index (χ0v) is 13.6. The van der Waals surface area contributed by atoms with Crippen molar-refractivity contribution in [3.63, 3.8) is 0 Å². The van der Waals surface area contributed by atoms with Gasteiger partial charge in [-0.1, -0.05) is 6.92 Å². The molecule has 1 fully saturated rings. The highest BCUT2D eigenvalue weighted by Crippen LogP contribution is 2.21. The van der Waals surface area contributed by atoms with Crippen LogP contribution in [0.4, 0.5) is 0 Å². The van der Waals surface area contributed by atoms with Crippen molar-refractivity contribution in [2.45, 2.75) is 32.4 Å². The molecular formula is C16H24N2O2S. The first-order valence-electron chi connectivity index (χ1n) is 7.49. The smallest absolute Gasteiger partial charge is 0.328 e. The molecule has 2 rings (SSSR count). The van der Waals surface area contributed by atoms with Crippen LogP contribution in [0.5, 0.6) is 0 Å². The van der Waals surface area contributed by atoms with E-state index in [1.807, 2.05) is 5.38 Å². The average molecular weight is 308 g/mol. The van der Waals surface area contributed by atoms with Crippen LogP contribution >= 0.6 is 11.3 Å². The highest BCUT2D eigenvalue weighted by atomic mass is 32.1. The minimum atomic E-state index is -0.899. The molecule has 21 heavy (non-hydrogen) atoms. The minimum absolute atomic E-state index is 0.609. The van der Waals surface area contributed by atoms with Gasteiger partial charge in [0.05, 0.1) is 0 Å². The Bertz CT molecular complexity index is 498. The third-order valence-electron chi connectivity index (χ3n) is 3.95. The van der Waals surface area contributed by atoms with E-state index in [-0.39, 0.29) is 0 Å². The summed E-state index contributed by atoms with van der Waals surface area (Å²) in [5.74, 6) is -0.899. The molecule has 4 nitrogen and oxygen atoms in total. The molecule has 1 aromatic rings. The molecule has 0 bridgehead atoms. The molecule has 1 saturated heterocycles. The summed E-state index contributed by atoms with van der Waals surface area (Å²) in [6, 6.07) is 2.71. The summed E-state index contributed by atoms with van der Waals surface area (Å²) in [6.07, 6.45) is 5.24. The lowest BCUT2D eigenvalue weighted by Gasteiger charge is -2.29. The molecule has 0 saturated carbocycles. The number of hydrogen-bond donors (Lipinski definition) is 1. The van der Waals surface area contributed by atoms with E-state index in [2.05, 4.69) is 29.8 Å². The van der Waals surface area contributed by atoms with Gasteiger partial charge in [0.25, 0.3) is 0 Å². The van der Waals surface area contributed by atoms with Crippen molar-refractivity contribution in [3.05, 3.63) is 28.0 Å². The van der Waals surface area contributed by atoms with Crippen LogP contribution in [0.3, 0.4) is 0 Å². The van der Waals surface area contributed by atoms with Gasteiger partial charge in [0.1, 0.15) is 0 Å². The predicted octanol–water partition coefficient (Wildman–Crippen LogP) is 2.76. The van der Waals surface area contributed by atoms with Gasteiger partial charge in [0.15, 0.2) is 0 Å². The van der Waals surface area contributed by atoms with Crippen LogP contribution in [0.2, 0.25) is 0 Å². The Hall–Kier alpha value is -1.17. The summed E-state index contributed by atoms with van der Waals surface area (Å²) < 4.78 is 0. The summed E-state index contributed by atoms with van der Waals surface area (Å²) in [6.45, 7) is 6.67. The number of carboxylic acid groups (broad SMARTS) is 1. The Labute approximate surface area is 130 Å². The molecule has 0 aliphatic carbocycles. The van der Waals surface area contributed by atoms with Crippen LogP contribution < -0.4 is 0 Å². The summed E-state index contributed by atoms with van der Waals surface area (Å²) in [5, 5.41) is 10.7. The van der Waals surface area contributed by atoms with Crippen LogP contribution in [0.25, 0.3) is 6.08 Å². The van der Waals surface area contributed by atoms with Crippen LogP contribution in [-0.2, 0) is 11.3 Å². The van der Waals surface area contributed by atoms with E-state index in [0.717, 1.165) is 25.2 Å². The van der Waals surface area contributed by atoms with Crippen LogP contribution in [0, 0.1) is 0 Å².